The van der Waals surface area contributed by atoms with Crippen molar-refractivity contribution in [2.45, 2.75) is 63.3 Å². The van der Waals surface area contributed by atoms with E-state index < -0.39 is 214 Å². The van der Waals surface area contributed by atoms with E-state index in [9.17, 15) is 99.0 Å². The Morgan fingerprint density at radius 1 is 0.478 bits per heavy atom. The fraction of sp³-hybridized carbons (Fsp3) is 0.390. The largest absolute Gasteiger partial charge is 0.501 e. The Morgan fingerprint density at radius 2 is 0.768 bits per heavy atom. The molecule has 3 aliphatic rings. The van der Waals surface area contributed by atoms with Crippen LogP contribution in [0.5, 0.6) is 0 Å². The summed E-state index contributed by atoms with van der Waals surface area (Å²) in [5, 5.41) is 102. The number of nitrogen functional groups attached to an aromatic ring is 1. The maximum absolute atomic E-state index is 13.5. The van der Waals surface area contributed by atoms with E-state index in [0.29, 0.717) is 14.7 Å². The number of rotatable bonds is 23. The van der Waals surface area contributed by atoms with Crippen LogP contribution in [0.15, 0.2) is 74.0 Å². The lowest BCUT2D eigenvalue weighted by atomic mass is 9.81. The molecule has 1 aromatic rings. The molecule has 0 spiro atoms. The molecule has 1 aromatic carbocycles. The lowest BCUT2D eigenvalue weighted by molar-refractivity contribution is -0.132. The highest BCUT2D eigenvalue weighted by atomic mass is 16.4. The minimum Gasteiger partial charge on any atom is -0.501 e. The molecule has 0 bridgehead atoms. The summed E-state index contributed by atoms with van der Waals surface area (Å²) in [7, 11) is 0. The van der Waals surface area contributed by atoms with Crippen molar-refractivity contribution in [3.05, 3.63) is 59.0 Å². The molecule has 0 aliphatic carbocycles. The molecule has 0 radical (unpaired) electrons. The number of nitrogens with zero attached hydrogens (tertiary/aromatic N) is 7. The van der Waals surface area contributed by atoms with Gasteiger partial charge in [-0.2, -0.15) is 0 Å². The smallest absolute Gasteiger partial charge is 0.413 e. The number of anilines is 2. The standard InChI is InChI=1S/C41H46N8O20/c42-20-4-6-21(7-5-20)49(40(68)69)41(11-1-14-46(37(62)63)34-31(59)28(56)25(53)22(43-34)8-17-50,12-2-15-47(38(64)65)35-32(60)29(57)26(54)23(44-35)9-18-51)13-3-16-48(39(66)67)36-33(61)30(58)27(55)24(45-36)10-19-52/h4-7,50-52,59-61H,1-3,8-19,42H2,(H,62,63)(H,64,65)(H,66,67)(H,68,69). The summed E-state index contributed by atoms with van der Waals surface area (Å²) in [6, 6.07) is 5.12. The number of allylic oxidation sites excluding steroid dienone is 3. The van der Waals surface area contributed by atoms with Gasteiger partial charge in [0.2, 0.25) is 17.3 Å². The first-order chi connectivity index (χ1) is 32.6. The van der Waals surface area contributed by atoms with Crippen LogP contribution < -0.4 is 10.6 Å². The maximum atomic E-state index is 13.5. The molecule has 12 N–H and O–H groups in total. The molecule has 3 heterocycles. The number of carbonyl (C=O) groups excluding carboxylic acids is 6. The van der Waals surface area contributed by atoms with Gasteiger partial charge < -0.3 is 56.8 Å². The van der Waals surface area contributed by atoms with E-state index in [1.807, 2.05) is 0 Å². The fourth-order valence-corrected chi connectivity index (χ4v) is 7.60. The average molecular weight is 971 g/mol. The van der Waals surface area contributed by atoms with Gasteiger partial charge in [0.15, 0.2) is 17.5 Å². The normalized spacial score (nSPS) is 15.6. The van der Waals surface area contributed by atoms with Crippen LogP contribution in [-0.2, 0) is 28.8 Å². The van der Waals surface area contributed by atoms with Gasteiger partial charge in [0.1, 0.15) is 0 Å². The third-order valence-electron chi connectivity index (χ3n) is 10.8. The second-order valence-corrected chi connectivity index (χ2v) is 15.1. The first kappa shape index (κ1) is 53.2. The quantitative estimate of drug-likeness (QED) is 0.0535. The van der Waals surface area contributed by atoms with Gasteiger partial charge in [-0.25, -0.2) is 34.2 Å². The SMILES string of the molecule is Nc1ccc(N(C(=O)O)C(CCCN(C(=O)O)C2=C(O)C(=O)C(=O)C(CCO)=N2)(CCCN(C(=O)O)C2=C(O)C(=O)C(=O)C(CCO)=N2)CCCN(C(=O)O)C2=C(O)C(=O)C(=O)C(CCO)=N2)cc1. The summed E-state index contributed by atoms with van der Waals surface area (Å²) in [6.07, 6.45) is -11.6. The summed E-state index contributed by atoms with van der Waals surface area (Å²) in [6.45, 7) is -4.32. The van der Waals surface area contributed by atoms with Crippen molar-refractivity contribution in [3.63, 3.8) is 0 Å². The van der Waals surface area contributed by atoms with E-state index in [4.69, 9.17) is 5.73 Å². The topological polar surface area (TPSA) is 449 Å². The molecule has 0 fully saturated rings. The van der Waals surface area contributed by atoms with Crippen LogP contribution in [0.1, 0.15) is 57.8 Å². The Labute approximate surface area is 388 Å². The van der Waals surface area contributed by atoms with Crippen molar-refractivity contribution in [3.8, 4) is 0 Å². The Bertz CT molecular complexity index is 2300. The highest BCUT2D eigenvalue weighted by Crippen LogP contribution is 2.38. The van der Waals surface area contributed by atoms with Gasteiger partial charge in [-0.15, -0.1) is 0 Å². The van der Waals surface area contributed by atoms with Gasteiger partial charge in [0, 0.05) is 70.1 Å². The number of aliphatic hydroxyl groups excluding tert-OH is 6. The average Bonchev–Trinajstić information content (AvgIpc) is 3.29. The highest BCUT2D eigenvalue weighted by Gasteiger charge is 2.43. The van der Waals surface area contributed by atoms with Gasteiger partial charge in [-0.1, -0.05) is 0 Å². The Kier molecular flexibility index (Phi) is 17.7. The van der Waals surface area contributed by atoms with Crippen LogP contribution in [-0.4, -0.2) is 187 Å². The second kappa shape index (κ2) is 22.9. The van der Waals surface area contributed by atoms with Gasteiger partial charge in [-0.05, 0) is 62.8 Å². The number of carbonyl (C=O) groups is 10. The van der Waals surface area contributed by atoms with E-state index in [1.54, 1.807) is 0 Å². The number of benzene rings is 1. The Hall–Kier alpha value is -8.37. The van der Waals surface area contributed by atoms with Gasteiger partial charge in [0.05, 0.1) is 22.7 Å². The molecule has 370 valence electrons. The van der Waals surface area contributed by atoms with Crippen LogP contribution in [0, 0.1) is 0 Å². The van der Waals surface area contributed by atoms with Crippen LogP contribution in [0.2, 0.25) is 0 Å². The van der Waals surface area contributed by atoms with E-state index in [0.717, 1.165) is 4.90 Å². The van der Waals surface area contributed by atoms with Crippen molar-refractivity contribution in [2.24, 2.45) is 15.0 Å². The molecule has 0 unspecified atom stereocenters. The zero-order valence-corrected chi connectivity index (χ0v) is 36.2. The van der Waals surface area contributed by atoms with E-state index in [2.05, 4.69) is 15.0 Å². The number of hydrogen-bond acceptors (Lipinski definition) is 20. The molecule has 0 atom stereocenters. The number of nitrogens with two attached hydrogens (primary N) is 1. The van der Waals surface area contributed by atoms with E-state index >= 15 is 0 Å². The summed E-state index contributed by atoms with van der Waals surface area (Å²) < 4.78 is 0. The molecular weight excluding hydrogens is 924 g/mol. The van der Waals surface area contributed by atoms with Gasteiger partial charge >= 0.3 is 24.4 Å². The predicted octanol–water partition coefficient (Wildman–Crippen LogP) is 0.880. The first-order valence-electron chi connectivity index (χ1n) is 20.6. The van der Waals surface area contributed by atoms with Crippen molar-refractivity contribution in [1.29, 1.82) is 0 Å². The summed E-state index contributed by atoms with van der Waals surface area (Å²) in [5.41, 5.74) is 2.18. The zero-order valence-electron chi connectivity index (χ0n) is 36.2. The third-order valence-corrected chi connectivity index (χ3v) is 10.8. The fourth-order valence-electron chi connectivity index (χ4n) is 7.60. The Morgan fingerprint density at radius 3 is 1.01 bits per heavy atom. The maximum Gasteiger partial charge on any atom is 0.413 e. The molecule has 0 saturated heterocycles. The number of aliphatic imine (C=N–C) groups is 3. The number of Topliss-reactive ketones (excluding diaryl/α,β-unsaturated/α-hetero) is 6. The number of carboxylic acid groups (broad SMARTS) is 4. The molecule has 4 amide bonds. The molecule has 28 heteroatoms. The van der Waals surface area contributed by atoms with Crippen LogP contribution in [0.3, 0.4) is 0 Å². The minimum absolute atomic E-state index is 0.114. The predicted molar refractivity (Wildman–Crippen MR) is 232 cm³/mol. The molecular formula is C41H46N8O20. The highest BCUT2D eigenvalue weighted by molar-refractivity contribution is 6.70. The third kappa shape index (κ3) is 11.8. The number of aliphatic hydroxyl groups is 6. The lowest BCUT2D eigenvalue weighted by Gasteiger charge is -2.44. The number of hydrogen-bond donors (Lipinski definition) is 11. The second-order valence-electron chi connectivity index (χ2n) is 15.1. The van der Waals surface area contributed by atoms with E-state index in [1.165, 1.54) is 24.3 Å². The van der Waals surface area contributed by atoms with Gasteiger partial charge in [-0.3, -0.25) is 48.4 Å². The number of ketones is 6. The van der Waals surface area contributed by atoms with E-state index in [-0.39, 0.29) is 11.4 Å². The molecule has 0 saturated carbocycles. The zero-order chi connectivity index (χ0) is 51.5. The van der Waals surface area contributed by atoms with Crippen LogP contribution in [0.25, 0.3) is 0 Å². The molecule has 28 nitrogen and oxygen atoms in total. The Balaban J connectivity index is 1.88. The molecule has 0 aromatic heterocycles. The molecule has 3 aliphatic heterocycles. The molecule has 69 heavy (non-hydrogen) atoms. The van der Waals surface area contributed by atoms with Crippen molar-refractivity contribution in [2.75, 3.05) is 50.1 Å². The number of amides is 4. The van der Waals surface area contributed by atoms with Crippen molar-refractivity contribution >= 4 is 87.6 Å². The van der Waals surface area contributed by atoms with Crippen LogP contribution >= 0.6 is 0 Å². The van der Waals surface area contributed by atoms with Crippen molar-refractivity contribution in [1.82, 2.24) is 14.7 Å². The monoisotopic (exact) mass is 970 g/mol. The first-order valence-corrected chi connectivity index (χ1v) is 20.6. The summed E-state index contributed by atoms with van der Waals surface area (Å²) in [5.74, 6) is -15.5. The lowest BCUT2D eigenvalue weighted by Crippen LogP contribution is -2.53. The summed E-state index contributed by atoms with van der Waals surface area (Å²) >= 11 is 0. The minimum atomic E-state index is -1.96. The van der Waals surface area contributed by atoms with Crippen molar-refractivity contribution < 1.29 is 99.0 Å². The van der Waals surface area contributed by atoms with Crippen LogP contribution in [0.4, 0.5) is 30.6 Å². The van der Waals surface area contributed by atoms with Gasteiger partial charge in [0.25, 0.3) is 34.7 Å². The molecule has 4 rings (SSSR count). The summed E-state index contributed by atoms with van der Waals surface area (Å²) in [4.78, 5) is 140.